The molecular formula is C22H26N4O4. The molecule has 0 saturated carbocycles. The Morgan fingerprint density at radius 3 is 2.23 bits per heavy atom. The molecule has 1 aliphatic rings. The first-order chi connectivity index (χ1) is 14.4. The molecule has 0 spiro atoms. The first-order valence-electron chi connectivity index (χ1n) is 9.88. The Hall–Kier alpha value is -3.39. The van der Waals surface area contributed by atoms with Crippen molar-refractivity contribution in [1.82, 2.24) is 4.90 Å². The lowest BCUT2D eigenvalue weighted by Gasteiger charge is -2.37. The van der Waals surface area contributed by atoms with Gasteiger partial charge in [-0.3, -0.25) is 19.3 Å². The van der Waals surface area contributed by atoms with Crippen molar-refractivity contribution in [2.75, 3.05) is 42.9 Å². The molecule has 30 heavy (non-hydrogen) atoms. The van der Waals surface area contributed by atoms with Crippen LogP contribution in [0, 0.1) is 5.92 Å². The van der Waals surface area contributed by atoms with Crippen molar-refractivity contribution in [3.05, 3.63) is 60.2 Å². The zero-order chi connectivity index (χ0) is 21.5. The average Bonchev–Trinajstić information content (AvgIpc) is 2.74. The maximum Gasteiger partial charge on any atom is 0.308 e. The van der Waals surface area contributed by atoms with Crippen LogP contribution in [-0.4, -0.2) is 60.5 Å². The van der Waals surface area contributed by atoms with Gasteiger partial charge in [0.05, 0.1) is 17.2 Å². The largest absolute Gasteiger partial charge is 0.481 e. The Bertz CT molecular complexity index is 895. The molecule has 1 unspecified atom stereocenters. The van der Waals surface area contributed by atoms with Crippen molar-refractivity contribution >= 4 is 29.2 Å². The minimum Gasteiger partial charge on any atom is -0.481 e. The van der Waals surface area contributed by atoms with E-state index in [4.69, 9.17) is 5.73 Å². The van der Waals surface area contributed by atoms with Gasteiger partial charge in [0, 0.05) is 44.8 Å². The number of primary amides is 1. The summed E-state index contributed by atoms with van der Waals surface area (Å²) in [7, 11) is 0. The molecule has 8 heteroatoms. The SMILES string of the molecule is NC(=O)c1ccccc1NC(=O)CC(CN1CCN(c2ccccc2)CC1)C(=O)O. The second-order valence-corrected chi connectivity index (χ2v) is 7.32. The monoisotopic (exact) mass is 410 g/mol. The Labute approximate surface area is 175 Å². The standard InChI is InChI=1S/C22H26N4O4/c23-21(28)18-8-4-5-9-19(18)24-20(27)14-16(22(29)30)15-25-10-12-26(13-11-25)17-6-2-1-3-7-17/h1-9,16H,10-15H2,(H2,23,28)(H,24,27)(H,29,30). The van der Waals surface area contributed by atoms with Gasteiger partial charge in [0.2, 0.25) is 5.91 Å². The van der Waals surface area contributed by atoms with Crippen LogP contribution < -0.4 is 16.0 Å². The smallest absolute Gasteiger partial charge is 0.308 e. The molecule has 1 fully saturated rings. The van der Waals surface area contributed by atoms with Crippen molar-refractivity contribution in [3.63, 3.8) is 0 Å². The van der Waals surface area contributed by atoms with Crippen LogP contribution in [0.25, 0.3) is 0 Å². The normalized spacial score (nSPS) is 15.4. The number of nitrogens with zero attached hydrogens (tertiary/aromatic N) is 2. The van der Waals surface area contributed by atoms with Crippen molar-refractivity contribution in [2.45, 2.75) is 6.42 Å². The number of para-hydroxylation sites is 2. The van der Waals surface area contributed by atoms with E-state index in [2.05, 4.69) is 27.2 Å². The summed E-state index contributed by atoms with van der Waals surface area (Å²) < 4.78 is 0. The van der Waals surface area contributed by atoms with Crippen molar-refractivity contribution in [2.24, 2.45) is 11.7 Å². The topological polar surface area (TPSA) is 116 Å². The molecule has 158 valence electrons. The fourth-order valence-corrected chi connectivity index (χ4v) is 3.60. The molecule has 2 aromatic rings. The number of hydrogen-bond acceptors (Lipinski definition) is 5. The predicted octanol–water partition coefficient (Wildman–Crippen LogP) is 1.64. The van der Waals surface area contributed by atoms with E-state index in [0.29, 0.717) is 6.54 Å². The molecule has 1 aliphatic heterocycles. The number of benzene rings is 2. The number of carboxylic acid groups (broad SMARTS) is 1. The van der Waals surface area contributed by atoms with Crippen LogP contribution >= 0.6 is 0 Å². The van der Waals surface area contributed by atoms with Crippen LogP contribution in [0.5, 0.6) is 0 Å². The maximum atomic E-state index is 12.4. The Kier molecular flexibility index (Phi) is 7.03. The van der Waals surface area contributed by atoms with E-state index in [0.717, 1.165) is 31.9 Å². The van der Waals surface area contributed by atoms with E-state index in [-0.39, 0.29) is 17.7 Å². The second kappa shape index (κ2) is 9.89. The summed E-state index contributed by atoms with van der Waals surface area (Å²) in [4.78, 5) is 40.0. The van der Waals surface area contributed by atoms with Gasteiger partial charge >= 0.3 is 5.97 Å². The zero-order valence-electron chi connectivity index (χ0n) is 16.7. The number of carboxylic acids is 1. The van der Waals surface area contributed by atoms with E-state index >= 15 is 0 Å². The summed E-state index contributed by atoms with van der Waals surface area (Å²) in [6.45, 7) is 3.35. The second-order valence-electron chi connectivity index (χ2n) is 7.32. The van der Waals surface area contributed by atoms with E-state index in [9.17, 15) is 19.5 Å². The number of hydrogen-bond donors (Lipinski definition) is 3. The number of nitrogens with two attached hydrogens (primary N) is 1. The van der Waals surface area contributed by atoms with Crippen molar-refractivity contribution < 1.29 is 19.5 Å². The number of carbonyl (C=O) groups is 3. The number of carbonyl (C=O) groups excluding carboxylic acids is 2. The number of rotatable bonds is 8. The summed E-state index contributed by atoms with van der Waals surface area (Å²) in [6, 6.07) is 16.5. The summed E-state index contributed by atoms with van der Waals surface area (Å²) in [5.74, 6) is -2.97. The fourth-order valence-electron chi connectivity index (χ4n) is 3.60. The Balaban J connectivity index is 1.55. The highest BCUT2D eigenvalue weighted by Gasteiger charge is 2.27. The highest BCUT2D eigenvalue weighted by atomic mass is 16.4. The Morgan fingerprint density at radius 2 is 1.60 bits per heavy atom. The molecule has 8 nitrogen and oxygen atoms in total. The van der Waals surface area contributed by atoms with E-state index < -0.39 is 23.7 Å². The van der Waals surface area contributed by atoms with Crippen LogP contribution in [-0.2, 0) is 9.59 Å². The van der Waals surface area contributed by atoms with Gasteiger partial charge in [-0.25, -0.2) is 0 Å². The van der Waals surface area contributed by atoms with Gasteiger partial charge in [-0.1, -0.05) is 30.3 Å². The summed E-state index contributed by atoms with van der Waals surface area (Å²) >= 11 is 0. The molecule has 0 aromatic heterocycles. The molecule has 1 atom stereocenters. The third-order valence-electron chi connectivity index (χ3n) is 5.22. The molecule has 3 rings (SSSR count). The fraction of sp³-hybridized carbons (Fsp3) is 0.318. The molecule has 0 bridgehead atoms. The number of aliphatic carboxylic acids is 1. The predicted molar refractivity (Wildman–Crippen MR) is 114 cm³/mol. The van der Waals surface area contributed by atoms with Crippen LogP contribution in [0.3, 0.4) is 0 Å². The van der Waals surface area contributed by atoms with Gasteiger partial charge < -0.3 is 21.1 Å². The Morgan fingerprint density at radius 1 is 0.967 bits per heavy atom. The van der Waals surface area contributed by atoms with E-state index in [1.165, 1.54) is 6.07 Å². The minimum absolute atomic E-state index is 0.179. The lowest BCUT2D eigenvalue weighted by atomic mass is 10.0. The molecule has 2 aromatic carbocycles. The molecule has 2 amide bonds. The van der Waals surface area contributed by atoms with Crippen molar-refractivity contribution in [1.29, 1.82) is 0 Å². The van der Waals surface area contributed by atoms with E-state index in [1.807, 2.05) is 18.2 Å². The van der Waals surface area contributed by atoms with E-state index in [1.54, 1.807) is 18.2 Å². The van der Waals surface area contributed by atoms with Gasteiger partial charge in [0.15, 0.2) is 0 Å². The molecule has 0 aliphatic carbocycles. The third-order valence-corrected chi connectivity index (χ3v) is 5.22. The van der Waals surface area contributed by atoms with Crippen molar-refractivity contribution in [3.8, 4) is 0 Å². The van der Waals surface area contributed by atoms with Gasteiger partial charge in [-0.15, -0.1) is 0 Å². The quantitative estimate of drug-likeness (QED) is 0.609. The number of nitrogens with one attached hydrogen (secondary N) is 1. The zero-order valence-corrected chi connectivity index (χ0v) is 16.7. The molecular weight excluding hydrogens is 384 g/mol. The average molecular weight is 410 g/mol. The third kappa shape index (κ3) is 5.57. The lowest BCUT2D eigenvalue weighted by molar-refractivity contribution is -0.144. The number of piperazine rings is 1. The van der Waals surface area contributed by atoms with Crippen LogP contribution in [0.2, 0.25) is 0 Å². The molecule has 4 N–H and O–H groups in total. The summed E-state index contributed by atoms with van der Waals surface area (Å²) in [6.07, 6.45) is -0.179. The lowest BCUT2D eigenvalue weighted by Crippen LogP contribution is -2.48. The van der Waals surface area contributed by atoms with Crippen LogP contribution in [0.15, 0.2) is 54.6 Å². The summed E-state index contributed by atoms with van der Waals surface area (Å²) in [5, 5.41) is 12.2. The molecule has 0 radical (unpaired) electrons. The highest BCUT2D eigenvalue weighted by Crippen LogP contribution is 2.18. The highest BCUT2D eigenvalue weighted by molar-refractivity contribution is 6.03. The van der Waals surface area contributed by atoms with Gasteiger partial charge in [-0.2, -0.15) is 0 Å². The van der Waals surface area contributed by atoms with Gasteiger partial charge in [-0.05, 0) is 24.3 Å². The van der Waals surface area contributed by atoms with Gasteiger partial charge in [0.25, 0.3) is 5.91 Å². The minimum atomic E-state index is -1.01. The number of anilines is 2. The van der Waals surface area contributed by atoms with Crippen LogP contribution in [0.1, 0.15) is 16.8 Å². The molecule has 1 heterocycles. The van der Waals surface area contributed by atoms with Crippen LogP contribution in [0.4, 0.5) is 11.4 Å². The first-order valence-corrected chi connectivity index (χ1v) is 9.88. The molecule has 1 saturated heterocycles. The van der Waals surface area contributed by atoms with Gasteiger partial charge in [0.1, 0.15) is 0 Å². The first kappa shape index (κ1) is 21.3. The maximum absolute atomic E-state index is 12.4. The summed E-state index contributed by atoms with van der Waals surface area (Å²) in [5.41, 5.74) is 6.95. The number of amides is 2.